The van der Waals surface area contributed by atoms with Gasteiger partial charge in [0, 0.05) is 41.7 Å². The van der Waals surface area contributed by atoms with E-state index in [4.69, 9.17) is 5.73 Å². The Labute approximate surface area is 105 Å². The first kappa shape index (κ1) is 13.1. The van der Waals surface area contributed by atoms with Gasteiger partial charge in [-0.3, -0.25) is 4.90 Å². The Hall–Kier alpha value is 0.0300. The molecular formula is C9H16ClN3S2. The highest BCUT2D eigenvalue weighted by Crippen LogP contribution is 2.21. The summed E-state index contributed by atoms with van der Waals surface area (Å²) in [5, 5.41) is 0.680. The summed E-state index contributed by atoms with van der Waals surface area (Å²) in [5.41, 5.74) is 5.60. The van der Waals surface area contributed by atoms with E-state index in [1.165, 1.54) is 22.9 Å². The van der Waals surface area contributed by atoms with E-state index in [2.05, 4.69) is 16.8 Å². The van der Waals surface area contributed by atoms with Crippen LogP contribution in [0.15, 0.2) is 6.20 Å². The van der Waals surface area contributed by atoms with Crippen molar-refractivity contribution in [3.63, 3.8) is 0 Å². The monoisotopic (exact) mass is 265 g/mol. The van der Waals surface area contributed by atoms with Gasteiger partial charge >= 0.3 is 0 Å². The van der Waals surface area contributed by atoms with Crippen LogP contribution in [0.25, 0.3) is 0 Å². The van der Waals surface area contributed by atoms with Gasteiger partial charge in [0.15, 0.2) is 5.13 Å². The fraction of sp³-hybridized carbons (Fsp3) is 0.667. The quantitative estimate of drug-likeness (QED) is 0.889. The van der Waals surface area contributed by atoms with E-state index in [0.717, 1.165) is 6.54 Å². The zero-order valence-electron chi connectivity index (χ0n) is 8.68. The number of hydrogen-bond acceptors (Lipinski definition) is 5. The van der Waals surface area contributed by atoms with Crippen LogP contribution in [-0.4, -0.2) is 34.0 Å². The Balaban J connectivity index is 0.00000112. The molecule has 0 aromatic carbocycles. The van der Waals surface area contributed by atoms with Crippen LogP contribution in [-0.2, 0) is 6.54 Å². The summed E-state index contributed by atoms with van der Waals surface area (Å²) in [5.74, 6) is 2.49. The molecule has 86 valence electrons. The van der Waals surface area contributed by atoms with Gasteiger partial charge in [0.2, 0.25) is 0 Å². The van der Waals surface area contributed by atoms with Crippen molar-refractivity contribution in [1.29, 1.82) is 0 Å². The second-order valence-corrected chi connectivity index (χ2v) is 5.86. The molecule has 2 rings (SSSR count). The molecule has 2 heterocycles. The number of aromatic nitrogens is 1. The third-order valence-corrected chi connectivity index (χ3v) is 4.44. The van der Waals surface area contributed by atoms with Crippen LogP contribution in [0.2, 0.25) is 0 Å². The molecule has 1 saturated heterocycles. The molecule has 0 aliphatic carbocycles. The number of anilines is 1. The Morgan fingerprint density at radius 2 is 2.47 bits per heavy atom. The summed E-state index contributed by atoms with van der Waals surface area (Å²) < 4.78 is 0. The number of halogens is 1. The second-order valence-electron chi connectivity index (χ2n) is 3.56. The Kier molecular flexibility index (Phi) is 5.18. The number of nitrogen functional groups attached to an aromatic ring is 1. The lowest BCUT2D eigenvalue weighted by Crippen LogP contribution is -2.39. The summed E-state index contributed by atoms with van der Waals surface area (Å²) >= 11 is 3.65. The molecule has 1 aromatic heterocycles. The molecule has 0 amide bonds. The predicted octanol–water partition coefficient (Wildman–Crippen LogP) is 2.08. The standard InChI is InChI=1S/C9H15N3S2.ClH/c1-7-6-13-3-2-12(7)5-8-4-11-9(10)14-8;/h4,7H,2-3,5-6H2,1H3,(H2,10,11);1H. The molecule has 2 N–H and O–H groups in total. The van der Waals surface area contributed by atoms with Gasteiger partial charge in [0.25, 0.3) is 0 Å². The first-order valence-corrected chi connectivity index (χ1v) is 6.75. The smallest absolute Gasteiger partial charge is 0.180 e. The highest BCUT2D eigenvalue weighted by molar-refractivity contribution is 7.99. The average molecular weight is 266 g/mol. The summed E-state index contributed by atoms with van der Waals surface area (Å²) in [7, 11) is 0. The van der Waals surface area contributed by atoms with Crippen LogP contribution in [0, 0.1) is 0 Å². The molecule has 0 saturated carbocycles. The Morgan fingerprint density at radius 3 is 3.07 bits per heavy atom. The van der Waals surface area contributed by atoms with E-state index < -0.39 is 0 Å². The molecular weight excluding hydrogens is 250 g/mol. The Bertz CT molecular complexity index is 305. The van der Waals surface area contributed by atoms with Crippen LogP contribution in [0.4, 0.5) is 5.13 Å². The molecule has 1 unspecified atom stereocenters. The number of thiazole rings is 1. The van der Waals surface area contributed by atoms with Crippen molar-refractivity contribution in [3.05, 3.63) is 11.1 Å². The fourth-order valence-corrected chi connectivity index (χ4v) is 3.38. The molecule has 0 bridgehead atoms. The Morgan fingerprint density at radius 1 is 1.67 bits per heavy atom. The average Bonchev–Trinajstić information content (AvgIpc) is 2.56. The normalized spacial score (nSPS) is 22.3. The molecule has 1 aromatic rings. The molecule has 0 spiro atoms. The predicted molar refractivity (Wildman–Crippen MR) is 71.0 cm³/mol. The van der Waals surface area contributed by atoms with Crippen molar-refractivity contribution in [2.45, 2.75) is 19.5 Å². The van der Waals surface area contributed by atoms with E-state index in [0.29, 0.717) is 11.2 Å². The van der Waals surface area contributed by atoms with E-state index in [1.807, 2.05) is 18.0 Å². The van der Waals surface area contributed by atoms with Crippen LogP contribution >= 0.6 is 35.5 Å². The molecule has 1 fully saturated rings. The van der Waals surface area contributed by atoms with Gasteiger partial charge in [-0.15, -0.1) is 23.7 Å². The summed E-state index contributed by atoms with van der Waals surface area (Å²) in [6.07, 6.45) is 1.90. The first-order chi connectivity index (χ1) is 6.75. The lowest BCUT2D eigenvalue weighted by Gasteiger charge is -2.32. The molecule has 15 heavy (non-hydrogen) atoms. The van der Waals surface area contributed by atoms with Gasteiger partial charge in [-0.2, -0.15) is 11.8 Å². The summed E-state index contributed by atoms with van der Waals surface area (Å²) in [4.78, 5) is 7.85. The minimum absolute atomic E-state index is 0. The van der Waals surface area contributed by atoms with Crippen molar-refractivity contribution < 1.29 is 0 Å². The maximum absolute atomic E-state index is 5.60. The molecule has 6 heteroatoms. The maximum Gasteiger partial charge on any atom is 0.180 e. The van der Waals surface area contributed by atoms with Gasteiger partial charge in [-0.05, 0) is 6.92 Å². The van der Waals surface area contributed by atoms with E-state index in [9.17, 15) is 0 Å². The number of rotatable bonds is 2. The number of thioether (sulfide) groups is 1. The van der Waals surface area contributed by atoms with Crippen LogP contribution in [0.3, 0.4) is 0 Å². The highest BCUT2D eigenvalue weighted by atomic mass is 35.5. The van der Waals surface area contributed by atoms with Crippen LogP contribution in [0.1, 0.15) is 11.8 Å². The van der Waals surface area contributed by atoms with Crippen molar-refractivity contribution in [2.24, 2.45) is 0 Å². The van der Waals surface area contributed by atoms with E-state index in [-0.39, 0.29) is 12.4 Å². The van der Waals surface area contributed by atoms with Crippen LogP contribution in [0.5, 0.6) is 0 Å². The number of nitrogens with two attached hydrogens (primary N) is 1. The van der Waals surface area contributed by atoms with Gasteiger partial charge in [-0.25, -0.2) is 4.98 Å². The molecule has 3 nitrogen and oxygen atoms in total. The lowest BCUT2D eigenvalue weighted by atomic mass is 10.3. The fourth-order valence-electron chi connectivity index (χ4n) is 1.59. The van der Waals surface area contributed by atoms with E-state index in [1.54, 1.807) is 11.3 Å². The van der Waals surface area contributed by atoms with Gasteiger partial charge in [-0.1, -0.05) is 0 Å². The highest BCUT2D eigenvalue weighted by Gasteiger charge is 2.19. The summed E-state index contributed by atoms with van der Waals surface area (Å²) in [6, 6.07) is 0.678. The van der Waals surface area contributed by atoms with Crippen molar-refractivity contribution in [2.75, 3.05) is 23.8 Å². The maximum atomic E-state index is 5.60. The number of hydrogen-bond donors (Lipinski definition) is 1. The van der Waals surface area contributed by atoms with Crippen LogP contribution < -0.4 is 5.73 Å². The molecule has 1 aliphatic heterocycles. The zero-order chi connectivity index (χ0) is 9.97. The molecule has 1 aliphatic rings. The summed E-state index contributed by atoms with van der Waals surface area (Å²) in [6.45, 7) is 4.48. The van der Waals surface area contributed by atoms with Gasteiger partial charge < -0.3 is 5.73 Å². The van der Waals surface area contributed by atoms with Gasteiger partial charge in [0.05, 0.1) is 0 Å². The first-order valence-electron chi connectivity index (χ1n) is 4.77. The minimum atomic E-state index is 0. The topological polar surface area (TPSA) is 42.2 Å². The largest absolute Gasteiger partial charge is 0.375 e. The molecule has 1 atom stereocenters. The molecule has 0 radical (unpaired) electrons. The SMILES string of the molecule is CC1CSCCN1Cc1cnc(N)s1.Cl. The van der Waals surface area contributed by atoms with Crippen molar-refractivity contribution >= 4 is 40.6 Å². The van der Waals surface area contributed by atoms with Crippen molar-refractivity contribution in [1.82, 2.24) is 9.88 Å². The lowest BCUT2D eigenvalue weighted by molar-refractivity contribution is 0.226. The van der Waals surface area contributed by atoms with Gasteiger partial charge in [0.1, 0.15) is 0 Å². The zero-order valence-corrected chi connectivity index (χ0v) is 11.1. The minimum Gasteiger partial charge on any atom is -0.375 e. The van der Waals surface area contributed by atoms with E-state index >= 15 is 0 Å². The van der Waals surface area contributed by atoms with Crippen molar-refractivity contribution in [3.8, 4) is 0 Å². The third kappa shape index (κ3) is 3.52. The second kappa shape index (κ2) is 5.94. The number of nitrogens with zero attached hydrogens (tertiary/aromatic N) is 2. The third-order valence-electron chi connectivity index (χ3n) is 2.44.